The molecule has 2 aromatic heterocycles. The minimum absolute atomic E-state index is 0.356. The molecule has 5 heteroatoms. The summed E-state index contributed by atoms with van der Waals surface area (Å²) in [6.45, 7) is 2.70. The number of H-pyrrole nitrogens is 1. The summed E-state index contributed by atoms with van der Waals surface area (Å²) in [5.41, 5.74) is 2.07. The molecule has 0 atom stereocenters. The zero-order chi connectivity index (χ0) is 12.8. The number of aromatic nitrogens is 2. The van der Waals surface area contributed by atoms with E-state index in [4.69, 9.17) is 4.74 Å². The standard InChI is InChI=1S/C13H15N3O2/c1-2-18-13(17)12-11(6-8-15-12)16-9-10-5-3-4-7-14-10/h3-8,15-16H,2,9H2,1H3. The van der Waals surface area contributed by atoms with Crippen molar-refractivity contribution < 1.29 is 9.53 Å². The second kappa shape index (κ2) is 5.86. The molecule has 0 unspecified atom stereocenters. The van der Waals surface area contributed by atoms with Crippen molar-refractivity contribution in [3.63, 3.8) is 0 Å². The number of hydrogen-bond donors (Lipinski definition) is 2. The lowest BCUT2D eigenvalue weighted by Gasteiger charge is -2.06. The summed E-state index contributed by atoms with van der Waals surface area (Å²) < 4.78 is 4.95. The van der Waals surface area contributed by atoms with Gasteiger partial charge in [-0.25, -0.2) is 4.79 Å². The maximum absolute atomic E-state index is 11.6. The van der Waals surface area contributed by atoms with Crippen LogP contribution in [-0.4, -0.2) is 22.5 Å². The summed E-state index contributed by atoms with van der Waals surface area (Å²) in [4.78, 5) is 18.7. The fourth-order valence-electron chi connectivity index (χ4n) is 1.58. The van der Waals surface area contributed by atoms with Gasteiger partial charge in [0.05, 0.1) is 24.5 Å². The molecule has 0 bridgehead atoms. The Bertz CT molecular complexity index is 508. The van der Waals surface area contributed by atoms with E-state index in [1.807, 2.05) is 18.2 Å². The Hall–Kier alpha value is -2.30. The highest BCUT2D eigenvalue weighted by Gasteiger charge is 2.13. The lowest BCUT2D eigenvalue weighted by Crippen LogP contribution is -2.09. The maximum atomic E-state index is 11.6. The molecule has 0 saturated heterocycles. The van der Waals surface area contributed by atoms with Crippen molar-refractivity contribution in [1.29, 1.82) is 0 Å². The molecule has 2 N–H and O–H groups in total. The summed E-state index contributed by atoms with van der Waals surface area (Å²) in [6, 6.07) is 7.51. The highest BCUT2D eigenvalue weighted by Crippen LogP contribution is 2.15. The van der Waals surface area contributed by atoms with E-state index in [2.05, 4.69) is 15.3 Å². The summed E-state index contributed by atoms with van der Waals surface area (Å²) in [7, 11) is 0. The first-order valence-corrected chi connectivity index (χ1v) is 5.79. The molecule has 2 aromatic rings. The highest BCUT2D eigenvalue weighted by atomic mass is 16.5. The second-order valence-corrected chi connectivity index (χ2v) is 3.66. The van der Waals surface area contributed by atoms with E-state index >= 15 is 0 Å². The van der Waals surface area contributed by atoms with Gasteiger partial charge in [0.15, 0.2) is 0 Å². The van der Waals surface area contributed by atoms with Gasteiger partial charge in [-0.3, -0.25) is 4.98 Å². The van der Waals surface area contributed by atoms with E-state index in [-0.39, 0.29) is 5.97 Å². The van der Waals surface area contributed by atoms with Gasteiger partial charge in [0, 0.05) is 12.4 Å². The first-order chi connectivity index (χ1) is 8.81. The van der Waals surface area contributed by atoms with Gasteiger partial charge in [0.25, 0.3) is 0 Å². The normalized spacial score (nSPS) is 10.1. The van der Waals surface area contributed by atoms with Gasteiger partial charge in [-0.1, -0.05) is 6.07 Å². The summed E-state index contributed by atoms with van der Waals surface area (Å²) in [6.07, 6.45) is 3.44. The van der Waals surface area contributed by atoms with E-state index in [0.29, 0.717) is 18.8 Å². The molecular formula is C13H15N3O2. The van der Waals surface area contributed by atoms with Gasteiger partial charge in [-0.2, -0.15) is 0 Å². The molecule has 2 rings (SSSR count). The number of aromatic amines is 1. The molecule has 0 fully saturated rings. The van der Waals surface area contributed by atoms with Crippen LogP contribution in [0.5, 0.6) is 0 Å². The Balaban J connectivity index is 2.02. The number of nitrogens with zero attached hydrogens (tertiary/aromatic N) is 1. The van der Waals surface area contributed by atoms with Crippen molar-refractivity contribution in [2.24, 2.45) is 0 Å². The topological polar surface area (TPSA) is 67.0 Å². The van der Waals surface area contributed by atoms with Gasteiger partial charge in [-0.05, 0) is 25.1 Å². The van der Waals surface area contributed by atoms with Crippen LogP contribution in [0.1, 0.15) is 23.1 Å². The van der Waals surface area contributed by atoms with Crippen LogP contribution in [0.3, 0.4) is 0 Å². The minimum Gasteiger partial charge on any atom is -0.461 e. The van der Waals surface area contributed by atoms with Crippen molar-refractivity contribution >= 4 is 11.7 Å². The Morgan fingerprint density at radius 3 is 3.06 bits per heavy atom. The Labute approximate surface area is 105 Å². The average Bonchev–Trinajstić information content (AvgIpc) is 2.86. The minimum atomic E-state index is -0.356. The van der Waals surface area contributed by atoms with Crippen LogP contribution in [-0.2, 0) is 11.3 Å². The zero-order valence-corrected chi connectivity index (χ0v) is 10.1. The van der Waals surface area contributed by atoms with Crippen LogP contribution in [0.25, 0.3) is 0 Å². The second-order valence-electron chi connectivity index (χ2n) is 3.66. The molecule has 5 nitrogen and oxygen atoms in total. The molecular weight excluding hydrogens is 230 g/mol. The quantitative estimate of drug-likeness (QED) is 0.792. The van der Waals surface area contributed by atoms with Crippen LogP contribution < -0.4 is 5.32 Å². The molecule has 0 aliphatic heterocycles. The molecule has 0 saturated carbocycles. The summed E-state index contributed by atoms with van der Waals surface area (Å²) in [5.74, 6) is -0.356. The van der Waals surface area contributed by atoms with Gasteiger partial charge in [-0.15, -0.1) is 0 Å². The van der Waals surface area contributed by atoms with Crippen molar-refractivity contribution in [3.05, 3.63) is 48.0 Å². The van der Waals surface area contributed by atoms with Gasteiger partial charge < -0.3 is 15.0 Å². The fourth-order valence-corrected chi connectivity index (χ4v) is 1.58. The van der Waals surface area contributed by atoms with E-state index < -0.39 is 0 Å². The predicted octanol–water partition coefficient (Wildman–Crippen LogP) is 2.20. The molecule has 0 spiro atoms. The zero-order valence-electron chi connectivity index (χ0n) is 10.1. The largest absolute Gasteiger partial charge is 0.461 e. The van der Waals surface area contributed by atoms with Crippen LogP contribution in [0.4, 0.5) is 5.69 Å². The molecule has 0 amide bonds. The SMILES string of the molecule is CCOC(=O)c1[nH]ccc1NCc1ccccn1. The monoisotopic (exact) mass is 245 g/mol. The number of ether oxygens (including phenoxy) is 1. The first-order valence-electron chi connectivity index (χ1n) is 5.79. The van der Waals surface area contributed by atoms with Crippen LogP contribution in [0.2, 0.25) is 0 Å². The number of carbonyl (C=O) groups excluding carboxylic acids is 1. The van der Waals surface area contributed by atoms with Gasteiger partial charge in [0.2, 0.25) is 0 Å². The molecule has 0 aliphatic rings. The van der Waals surface area contributed by atoms with Crippen molar-refractivity contribution in [1.82, 2.24) is 9.97 Å². The third-order valence-electron chi connectivity index (χ3n) is 2.41. The lowest BCUT2D eigenvalue weighted by molar-refractivity contribution is 0.0521. The maximum Gasteiger partial charge on any atom is 0.356 e. The third kappa shape index (κ3) is 2.88. The number of nitrogens with one attached hydrogen (secondary N) is 2. The Morgan fingerprint density at radius 2 is 2.33 bits per heavy atom. The third-order valence-corrected chi connectivity index (χ3v) is 2.41. The molecule has 18 heavy (non-hydrogen) atoms. The molecule has 0 radical (unpaired) electrons. The van der Waals surface area contributed by atoms with Gasteiger partial charge in [0.1, 0.15) is 5.69 Å². The fraction of sp³-hybridized carbons (Fsp3) is 0.231. The van der Waals surface area contributed by atoms with E-state index in [0.717, 1.165) is 11.4 Å². The van der Waals surface area contributed by atoms with E-state index in [9.17, 15) is 4.79 Å². The highest BCUT2D eigenvalue weighted by molar-refractivity contribution is 5.93. The first kappa shape index (κ1) is 12.2. The number of carbonyl (C=O) groups is 1. The van der Waals surface area contributed by atoms with Crippen LogP contribution in [0.15, 0.2) is 36.7 Å². The number of rotatable bonds is 5. The van der Waals surface area contributed by atoms with Gasteiger partial charge >= 0.3 is 5.97 Å². The van der Waals surface area contributed by atoms with Crippen molar-refractivity contribution in [2.75, 3.05) is 11.9 Å². The summed E-state index contributed by atoms with van der Waals surface area (Å²) in [5, 5.41) is 3.15. The number of anilines is 1. The number of hydrogen-bond acceptors (Lipinski definition) is 4. The lowest BCUT2D eigenvalue weighted by atomic mass is 10.3. The predicted molar refractivity (Wildman–Crippen MR) is 68.3 cm³/mol. The number of esters is 1. The van der Waals surface area contributed by atoms with Crippen molar-refractivity contribution in [2.45, 2.75) is 13.5 Å². The molecule has 0 aromatic carbocycles. The molecule has 94 valence electrons. The van der Waals surface area contributed by atoms with E-state index in [1.165, 1.54) is 0 Å². The van der Waals surface area contributed by atoms with Crippen LogP contribution >= 0.6 is 0 Å². The average molecular weight is 245 g/mol. The Kier molecular flexibility index (Phi) is 3.96. The van der Waals surface area contributed by atoms with Crippen LogP contribution in [0, 0.1) is 0 Å². The van der Waals surface area contributed by atoms with Crippen molar-refractivity contribution in [3.8, 4) is 0 Å². The number of pyridine rings is 1. The molecule has 2 heterocycles. The molecule has 0 aliphatic carbocycles. The Morgan fingerprint density at radius 1 is 1.44 bits per heavy atom. The van der Waals surface area contributed by atoms with E-state index in [1.54, 1.807) is 25.4 Å². The summed E-state index contributed by atoms with van der Waals surface area (Å²) >= 11 is 0. The smallest absolute Gasteiger partial charge is 0.356 e.